The number of amides is 2. The summed E-state index contributed by atoms with van der Waals surface area (Å²) in [7, 11) is 0. The number of hydrogen-bond acceptors (Lipinski definition) is 2. The number of piperidine rings is 1. The molecule has 0 aromatic heterocycles. The molecule has 1 atom stereocenters. The number of likely N-dealkylation sites (tertiary alicyclic amines) is 1. The summed E-state index contributed by atoms with van der Waals surface area (Å²) in [5.74, 6) is 0.274. The fourth-order valence-electron chi connectivity index (χ4n) is 3.09. The average molecular weight is 320 g/mol. The largest absolute Gasteiger partial charge is 0.356 e. The standard InChI is InChI=1S/C18H25FN2O2/c1-14(22)20-10-9-18(23)21-11-3-5-16(13-21)8-7-15-4-2-6-17(19)12-15/h2,4,6,12,16H,3,5,7-11,13H2,1H3,(H,20,22). The first-order chi connectivity index (χ1) is 11.0. The van der Waals surface area contributed by atoms with Crippen LogP contribution in [0.25, 0.3) is 0 Å². The van der Waals surface area contributed by atoms with Crippen molar-refractivity contribution in [2.24, 2.45) is 5.92 Å². The summed E-state index contributed by atoms with van der Waals surface area (Å²) in [4.78, 5) is 24.9. The van der Waals surface area contributed by atoms with E-state index >= 15 is 0 Å². The van der Waals surface area contributed by atoms with Gasteiger partial charge in [0.05, 0.1) is 0 Å². The molecule has 1 N–H and O–H groups in total. The van der Waals surface area contributed by atoms with Crippen molar-refractivity contribution in [3.8, 4) is 0 Å². The summed E-state index contributed by atoms with van der Waals surface area (Å²) in [6.45, 7) is 3.43. The van der Waals surface area contributed by atoms with Gasteiger partial charge >= 0.3 is 0 Å². The van der Waals surface area contributed by atoms with Crippen LogP contribution in [0.3, 0.4) is 0 Å². The predicted molar refractivity (Wildman–Crippen MR) is 87.3 cm³/mol. The number of hydrogen-bond donors (Lipinski definition) is 1. The molecule has 1 aromatic rings. The van der Waals surface area contributed by atoms with Crippen LogP contribution in [0, 0.1) is 11.7 Å². The molecule has 2 rings (SSSR count). The molecular formula is C18H25FN2O2. The maximum absolute atomic E-state index is 13.2. The van der Waals surface area contributed by atoms with Crippen LogP contribution in [0.2, 0.25) is 0 Å². The molecule has 1 aliphatic heterocycles. The first kappa shape index (κ1) is 17.4. The van der Waals surface area contributed by atoms with Crippen molar-refractivity contribution in [2.75, 3.05) is 19.6 Å². The number of benzene rings is 1. The maximum Gasteiger partial charge on any atom is 0.224 e. The number of rotatable bonds is 6. The van der Waals surface area contributed by atoms with E-state index in [0.717, 1.165) is 44.3 Å². The van der Waals surface area contributed by atoms with E-state index in [2.05, 4.69) is 5.32 Å². The Morgan fingerprint density at radius 1 is 1.39 bits per heavy atom. The minimum atomic E-state index is -0.194. The molecule has 0 bridgehead atoms. The zero-order valence-corrected chi connectivity index (χ0v) is 13.7. The highest BCUT2D eigenvalue weighted by Gasteiger charge is 2.23. The Morgan fingerprint density at radius 3 is 2.96 bits per heavy atom. The van der Waals surface area contributed by atoms with Gasteiger partial charge in [0.15, 0.2) is 0 Å². The normalized spacial score (nSPS) is 17.8. The molecule has 1 unspecified atom stereocenters. The highest BCUT2D eigenvalue weighted by atomic mass is 19.1. The van der Waals surface area contributed by atoms with Crippen molar-refractivity contribution in [3.05, 3.63) is 35.6 Å². The first-order valence-electron chi connectivity index (χ1n) is 8.31. The lowest BCUT2D eigenvalue weighted by atomic mass is 9.91. The van der Waals surface area contributed by atoms with Crippen LogP contribution in [0.15, 0.2) is 24.3 Å². The SMILES string of the molecule is CC(=O)NCCC(=O)N1CCCC(CCc2cccc(F)c2)C1. The van der Waals surface area contributed by atoms with Crippen LogP contribution in [-0.2, 0) is 16.0 Å². The number of nitrogens with zero attached hydrogens (tertiary/aromatic N) is 1. The zero-order valence-electron chi connectivity index (χ0n) is 13.7. The van der Waals surface area contributed by atoms with Gasteiger partial charge in [-0.15, -0.1) is 0 Å². The Labute approximate surface area is 137 Å². The smallest absolute Gasteiger partial charge is 0.224 e. The van der Waals surface area contributed by atoms with Crippen LogP contribution in [0.4, 0.5) is 4.39 Å². The Morgan fingerprint density at radius 2 is 2.22 bits per heavy atom. The molecule has 0 saturated carbocycles. The second-order valence-corrected chi connectivity index (χ2v) is 6.25. The monoisotopic (exact) mass is 320 g/mol. The van der Waals surface area contributed by atoms with Crippen LogP contribution in [-0.4, -0.2) is 36.3 Å². The van der Waals surface area contributed by atoms with Gasteiger partial charge in [-0.3, -0.25) is 9.59 Å². The van der Waals surface area contributed by atoms with Gasteiger partial charge in [-0.25, -0.2) is 4.39 Å². The van der Waals surface area contributed by atoms with E-state index in [1.807, 2.05) is 11.0 Å². The molecular weight excluding hydrogens is 295 g/mol. The molecule has 0 radical (unpaired) electrons. The van der Waals surface area contributed by atoms with Crippen molar-refractivity contribution in [1.82, 2.24) is 10.2 Å². The summed E-state index contributed by atoms with van der Waals surface area (Å²) in [5.41, 5.74) is 1.01. The van der Waals surface area contributed by atoms with E-state index in [-0.39, 0.29) is 17.6 Å². The number of aryl methyl sites for hydroxylation is 1. The van der Waals surface area contributed by atoms with E-state index < -0.39 is 0 Å². The highest BCUT2D eigenvalue weighted by Crippen LogP contribution is 2.22. The molecule has 2 amide bonds. The third-order valence-electron chi connectivity index (χ3n) is 4.31. The lowest BCUT2D eigenvalue weighted by molar-refractivity contribution is -0.133. The fraction of sp³-hybridized carbons (Fsp3) is 0.556. The van der Waals surface area contributed by atoms with Crippen LogP contribution < -0.4 is 5.32 Å². The first-order valence-corrected chi connectivity index (χ1v) is 8.31. The molecule has 5 heteroatoms. The van der Waals surface area contributed by atoms with Gasteiger partial charge in [0.1, 0.15) is 5.82 Å². The summed E-state index contributed by atoms with van der Waals surface area (Å²) in [6, 6.07) is 6.73. The number of halogens is 1. The fourth-order valence-corrected chi connectivity index (χ4v) is 3.09. The summed E-state index contributed by atoms with van der Waals surface area (Å²) >= 11 is 0. The van der Waals surface area contributed by atoms with Crippen molar-refractivity contribution >= 4 is 11.8 Å². The quantitative estimate of drug-likeness (QED) is 0.875. The highest BCUT2D eigenvalue weighted by molar-refractivity contribution is 5.78. The third-order valence-corrected chi connectivity index (χ3v) is 4.31. The zero-order chi connectivity index (χ0) is 16.7. The van der Waals surface area contributed by atoms with Crippen molar-refractivity contribution in [3.63, 3.8) is 0 Å². The molecule has 1 heterocycles. The molecule has 1 saturated heterocycles. The average Bonchev–Trinajstić information content (AvgIpc) is 2.53. The van der Waals surface area contributed by atoms with Gasteiger partial charge in [0.25, 0.3) is 0 Å². The lowest BCUT2D eigenvalue weighted by Crippen LogP contribution is -2.41. The van der Waals surface area contributed by atoms with Crippen molar-refractivity contribution in [2.45, 2.75) is 39.0 Å². The Bertz CT molecular complexity index is 548. The lowest BCUT2D eigenvalue weighted by Gasteiger charge is -2.33. The number of nitrogens with one attached hydrogen (secondary N) is 1. The van der Waals surface area contributed by atoms with E-state index in [4.69, 9.17) is 0 Å². The minimum absolute atomic E-state index is 0.106. The van der Waals surface area contributed by atoms with E-state index in [0.29, 0.717) is 18.9 Å². The second-order valence-electron chi connectivity index (χ2n) is 6.25. The van der Waals surface area contributed by atoms with Gasteiger partial charge < -0.3 is 10.2 Å². The molecule has 23 heavy (non-hydrogen) atoms. The van der Waals surface area contributed by atoms with E-state index in [1.165, 1.54) is 13.0 Å². The number of carbonyl (C=O) groups is 2. The molecule has 126 valence electrons. The maximum atomic E-state index is 13.2. The van der Waals surface area contributed by atoms with Gasteiger partial charge in [0, 0.05) is 33.0 Å². The van der Waals surface area contributed by atoms with Crippen molar-refractivity contribution in [1.29, 1.82) is 0 Å². The Balaban J connectivity index is 1.76. The Kier molecular flexibility index (Phi) is 6.56. The van der Waals surface area contributed by atoms with Crippen LogP contribution in [0.5, 0.6) is 0 Å². The topological polar surface area (TPSA) is 49.4 Å². The molecule has 0 spiro atoms. The van der Waals surface area contributed by atoms with Gasteiger partial charge in [-0.05, 0) is 49.3 Å². The van der Waals surface area contributed by atoms with Gasteiger partial charge in [-0.2, -0.15) is 0 Å². The predicted octanol–water partition coefficient (Wildman–Crippen LogP) is 2.52. The summed E-state index contributed by atoms with van der Waals surface area (Å²) in [5, 5.41) is 2.66. The second kappa shape index (κ2) is 8.65. The van der Waals surface area contributed by atoms with E-state index in [1.54, 1.807) is 12.1 Å². The molecule has 1 aliphatic rings. The molecule has 1 aromatic carbocycles. The number of carbonyl (C=O) groups excluding carboxylic acids is 2. The van der Waals surface area contributed by atoms with Gasteiger partial charge in [0.2, 0.25) is 11.8 Å². The Hall–Kier alpha value is -1.91. The molecule has 0 aliphatic carbocycles. The molecule has 1 fully saturated rings. The van der Waals surface area contributed by atoms with Crippen LogP contribution >= 0.6 is 0 Å². The van der Waals surface area contributed by atoms with Crippen molar-refractivity contribution < 1.29 is 14.0 Å². The molecule has 4 nitrogen and oxygen atoms in total. The van der Waals surface area contributed by atoms with E-state index in [9.17, 15) is 14.0 Å². The van der Waals surface area contributed by atoms with Crippen LogP contribution in [0.1, 0.15) is 38.2 Å². The minimum Gasteiger partial charge on any atom is -0.356 e. The summed E-state index contributed by atoms with van der Waals surface area (Å²) < 4.78 is 13.2. The third kappa shape index (κ3) is 6.00. The van der Waals surface area contributed by atoms with Gasteiger partial charge in [-0.1, -0.05) is 12.1 Å². The summed E-state index contributed by atoms with van der Waals surface area (Å²) in [6.07, 6.45) is 4.30.